The highest BCUT2D eigenvalue weighted by molar-refractivity contribution is 5.19. The number of hydroxylamine groups is 1. The molecule has 3 heteroatoms. The van der Waals surface area contributed by atoms with E-state index in [9.17, 15) is 0 Å². The lowest BCUT2D eigenvalue weighted by molar-refractivity contribution is -0.109. The SMILES string of the molecule is ON1CC2=C(CCCC2)N1. The van der Waals surface area contributed by atoms with Crippen molar-refractivity contribution in [3.05, 3.63) is 11.3 Å². The van der Waals surface area contributed by atoms with Gasteiger partial charge in [0.25, 0.3) is 0 Å². The monoisotopic (exact) mass is 140 g/mol. The first-order valence-corrected chi connectivity index (χ1v) is 3.80. The molecule has 0 aromatic carbocycles. The van der Waals surface area contributed by atoms with Gasteiger partial charge < -0.3 is 5.43 Å². The summed E-state index contributed by atoms with van der Waals surface area (Å²) in [5, 5.41) is 10.2. The third-order valence-corrected chi connectivity index (χ3v) is 2.19. The van der Waals surface area contributed by atoms with Gasteiger partial charge in [-0.2, -0.15) is 0 Å². The summed E-state index contributed by atoms with van der Waals surface area (Å²) in [5.41, 5.74) is 5.58. The minimum Gasteiger partial charge on any atom is -0.300 e. The molecule has 0 unspecified atom stereocenters. The van der Waals surface area contributed by atoms with E-state index < -0.39 is 0 Å². The maximum Gasteiger partial charge on any atom is 0.0680 e. The minimum absolute atomic E-state index is 0.704. The molecule has 0 spiro atoms. The Bertz CT molecular complexity index is 158. The first-order valence-electron chi connectivity index (χ1n) is 3.80. The molecule has 2 aliphatic rings. The highest BCUT2D eigenvalue weighted by atomic mass is 16.5. The van der Waals surface area contributed by atoms with Crippen molar-refractivity contribution in [3.8, 4) is 0 Å². The van der Waals surface area contributed by atoms with Gasteiger partial charge in [0, 0.05) is 5.70 Å². The number of nitrogens with zero attached hydrogens (tertiary/aromatic N) is 1. The van der Waals surface area contributed by atoms with Crippen LogP contribution in [0.25, 0.3) is 0 Å². The Labute approximate surface area is 60.3 Å². The molecule has 0 saturated heterocycles. The minimum atomic E-state index is 0.704. The van der Waals surface area contributed by atoms with Gasteiger partial charge in [0.05, 0.1) is 6.54 Å². The second-order valence-electron chi connectivity index (χ2n) is 2.96. The molecular weight excluding hydrogens is 128 g/mol. The van der Waals surface area contributed by atoms with Crippen LogP contribution in [0.3, 0.4) is 0 Å². The Morgan fingerprint density at radius 1 is 1.30 bits per heavy atom. The molecule has 0 atom stereocenters. The second-order valence-corrected chi connectivity index (χ2v) is 2.96. The molecule has 3 nitrogen and oxygen atoms in total. The molecule has 2 rings (SSSR count). The Morgan fingerprint density at radius 3 is 2.90 bits per heavy atom. The largest absolute Gasteiger partial charge is 0.300 e. The average molecular weight is 140 g/mol. The van der Waals surface area contributed by atoms with E-state index in [1.54, 1.807) is 0 Å². The quantitative estimate of drug-likeness (QED) is 0.527. The van der Waals surface area contributed by atoms with Crippen LogP contribution in [0.15, 0.2) is 11.3 Å². The zero-order valence-electron chi connectivity index (χ0n) is 5.93. The van der Waals surface area contributed by atoms with Crippen molar-refractivity contribution < 1.29 is 5.21 Å². The van der Waals surface area contributed by atoms with Crippen LogP contribution in [0.2, 0.25) is 0 Å². The maximum absolute atomic E-state index is 9.04. The molecule has 0 bridgehead atoms. The van der Waals surface area contributed by atoms with Crippen molar-refractivity contribution in [2.45, 2.75) is 25.7 Å². The highest BCUT2D eigenvalue weighted by Crippen LogP contribution is 2.26. The molecule has 1 aliphatic heterocycles. The van der Waals surface area contributed by atoms with Crippen LogP contribution < -0.4 is 5.43 Å². The lowest BCUT2D eigenvalue weighted by atomic mass is 9.98. The number of hydrogen-bond donors (Lipinski definition) is 2. The third-order valence-electron chi connectivity index (χ3n) is 2.19. The van der Waals surface area contributed by atoms with Crippen molar-refractivity contribution >= 4 is 0 Å². The van der Waals surface area contributed by atoms with Crippen molar-refractivity contribution in [2.24, 2.45) is 0 Å². The summed E-state index contributed by atoms with van der Waals surface area (Å²) in [4.78, 5) is 0. The molecule has 1 aliphatic carbocycles. The van der Waals surface area contributed by atoms with Gasteiger partial charge in [-0.1, -0.05) is 0 Å². The average Bonchev–Trinajstić information content (AvgIpc) is 2.27. The summed E-state index contributed by atoms with van der Waals surface area (Å²) in [6, 6.07) is 0. The van der Waals surface area contributed by atoms with Gasteiger partial charge in [-0.3, -0.25) is 5.21 Å². The summed E-state index contributed by atoms with van der Waals surface area (Å²) in [5.74, 6) is 0. The lowest BCUT2D eigenvalue weighted by Gasteiger charge is -2.11. The maximum atomic E-state index is 9.04. The summed E-state index contributed by atoms with van der Waals surface area (Å²) < 4.78 is 0. The molecule has 0 amide bonds. The molecule has 1 heterocycles. The van der Waals surface area contributed by atoms with Crippen LogP contribution in [-0.4, -0.2) is 16.9 Å². The van der Waals surface area contributed by atoms with Crippen LogP contribution in [0, 0.1) is 0 Å². The Kier molecular flexibility index (Phi) is 1.39. The zero-order chi connectivity index (χ0) is 6.97. The molecule has 0 radical (unpaired) electrons. The predicted molar refractivity (Wildman–Crippen MR) is 37.1 cm³/mol. The summed E-state index contributed by atoms with van der Waals surface area (Å²) in [6.45, 7) is 0.704. The molecular formula is C7H12N2O. The molecule has 0 fully saturated rings. The number of hydrogen-bond acceptors (Lipinski definition) is 3. The van der Waals surface area contributed by atoms with E-state index in [4.69, 9.17) is 5.21 Å². The summed E-state index contributed by atoms with van der Waals surface area (Å²) >= 11 is 0. The van der Waals surface area contributed by atoms with Gasteiger partial charge in [0.2, 0.25) is 0 Å². The smallest absolute Gasteiger partial charge is 0.0680 e. The molecule has 0 saturated carbocycles. The van der Waals surface area contributed by atoms with E-state index in [0.717, 1.165) is 6.42 Å². The third kappa shape index (κ3) is 0.914. The van der Waals surface area contributed by atoms with Crippen molar-refractivity contribution in [1.82, 2.24) is 10.6 Å². The fourth-order valence-corrected chi connectivity index (χ4v) is 1.65. The van der Waals surface area contributed by atoms with Gasteiger partial charge in [0.15, 0.2) is 0 Å². The predicted octanol–water partition coefficient (Wildman–Crippen LogP) is 1.02. The summed E-state index contributed by atoms with van der Waals surface area (Å²) in [7, 11) is 0. The first-order chi connectivity index (χ1) is 4.86. The van der Waals surface area contributed by atoms with E-state index in [0.29, 0.717) is 6.54 Å². The van der Waals surface area contributed by atoms with E-state index in [2.05, 4.69) is 5.43 Å². The first kappa shape index (κ1) is 6.19. The molecule has 0 aromatic rings. The zero-order valence-corrected chi connectivity index (χ0v) is 5.93. The van der Waals surface area contributed by atoms with Crippen LogP contribution >= 0.6 is 0 Å². The normalized spacial score (nSPS) is 26.5. The van der Waals surface area contributed by atoms with Crippen LogP contribution in [0.4, 0.5) is 0 Å². The van der Waals surface area contributed by atoms with E-state index in [-0.39, 0.29) is 0 Å². The van der Waals surface area contributed by atoms with Crippen molar-refractivity contribution in [3.63, 3.8) is 0 Å². The van der Waals surface area contributed by atoms with E-state index in [1.807, 2.05) is 0 Å². The Balaban J connectivity index is 2.13. The highest BCUT2D eigenvalue weighted by Gasteiger charge is 2.21. The number of nitrogens with one attached hydrogen (secondary N) is 1. The Morgan fingerprint density at radius 2 is 2.10 bits per heavy atom. The lowest BCUT2D eigenvalue weighted by Crippen LogP contribution is -2.27. The van der Waals surface area contributed by atoms with Gasteiger partial charge in [-0.25, -0.2) is 0 Å². The van der Waals surface area contributed by atoms with E-state index in [1.165, 1.54) is 35.7 Å². The Hall–Kier alpha value is -0.540. The number of allylic oxidation sites excluding steroid dienone is 1. The standard InChI is InChI=1S/C7H12N2O/c10-9-5-6-3-1-2-4-7(6)8-9/h8,10H,1-5H2. The van der Waals surface area contributed by atoms with Crippen LogP contribution in [0.5, 0.6) is 0 Å². The number of hydrazine groups is 1. The van der Waals surface area contributed by atoms with Crippen LogP contribution in [0.1, 0.15) is 25.7 Å². The summed E-state index contributed by atoms with van der Waals surface area (Å²) in [6.07, 6.45) is 4.83. The number of rotatable bonds is 0. The topological polar surface area (TPSA) is 35.5 Å². The van der Waals surface area contributed by atoms with Gasteiger partial charge in [0.1, 0.15) is 0 Å². The van der Waals surface area contributed by atoms with Gasteiger partial charge in [-0.05, 0) is 31.3 Å². The van der Waals surface area contributed by atoms with Crippen LogP contribution in [-0.2, 0) is 0 Å². The van der Waals surface area contributed by atoms with Gasteiger partial charge in [-0.15, -0.1) is 5.17 Å². The van der Waals surface area contributed by atoms with Crippen molar-refractivity contribution in [2.75, 3.05) is 6.54 Å². The fraction of sp³-hybridized carbons (Fsp3) is 0.714. The van der Waals surface area contributed by atoms with E-state index >= 15 is 0 Å². The molecule has 10 heavy (non-hydrogen) atoms. The molecule has 0 aromatic heterocycles. The van der Waals surface area contributed by atoms with Gasteiger partial charge >= 0.3 is 0 Å². The fourth-order valence-electron chi connectivity index (χ4n) is 1.65. The molecule has 56 valence electrons. The molecule has 2 N–H and O–H groups in total. The second kappa shape index (κ2) is 2.25. The van der Waals surface area contributed by atoms with Crippen molar-refractivity contribution in [1.29, 1.82) is 0 Å².